The summed E-state index contributed by atoms with van der Waals surface area (Å²) in [5.74, 6) is 5.79. The molecule has 1 aliphatic rings. The second-order valence-electron chi connectivity index (χ2n) is 5.89. The van der Waals surface area contributed by atoms with Crippen LogP contribution in [-0.2, 0) is 19.3 Å². The molecule has 2 aromatic carbocycles. The van der Waals surface area contributed by atoms with Gasteiger partial charge in [0.25, 0.3) is 0 Å². The molecule has 0 spiro atoms. The van der Waals surface area contributed by atoms with E-state index in [9.17, 15) is 0 Å². The molecule has 0 radical (unpaired) electrons. The lowest BCUT2D eigenvalue weighted by Gasteiger charge is -2.18. The molecule has 0 bridgehead atoms. The molecule has 21 heavy (non-hydrogen) atoms. The van der Waals surface area contributed by atoms with Crippen molar-refractivity contribution in [1.82, 2.24) is 5.43 Å². The summed E-state index contributed by atoms with van der Waals surface area (Å²) < 4.78 is 1.13. The molecule has 1 aliphatic carbocycles. The minimum absolute atomic E-state index is 0.140. The molecule has 1 atom stereocenters. The standard InChI is InChI=1S/C18H21BrN2/c1-12-5-7-16(11-17(12)19)18(21-20)10-13-6-8-14-3-2-4-15(14)9-13/h5-9,11,18,21H,2-4,10,20H2,1H3. The molecule has 0 heterocycles. The number of nitrogens with two attached hydrogens (primary N) is 1. The largest absolute Gasteiger partial charge is 0.271 e. The molecule has 110 valence electrons. The summed E-state index contributed by atoms with van der Waals surface area (Å²) in [5.41, 5.74) is 9.82. The van der Waals surface area contributed by atoms with Gasteiger partial charge < -0.3 is 0 Å². The average molecular weight is 345 g/mol. The summed E-state index contributed by atoms with van der Waals surface area (Å²) >= 11 is 3.60. The van der Waals surface area contributed by atoms with E-state index in [1.807, 2.05) is 0 Å². The molecule has 2 nitrogen and oxygen atoms in total. The first-order valence-electron chi connectivity index (χ1n) is 7.50. The number of fused-ring (bicyclic) bond motifs is 1. The van der Waals surface area contributed by atoms with Gasteiger partial charge in [-0.1, -0.05) is 46.3 Å². The van der Waals surface area contributed by atoms with Crippen LogP contribution in [-0.4, -0.2) is 0 Å². The summed E-state index contributed by atoms with van der Waals surface area (Å²) in [6, 6.07) is 13.5. The molecule has 2 aromatic rings. The highest BCUT2D eigenvalue weighted by Crippen LogP contribution is 2.27. The lowest BCUT2D eigenvalue weighted by atomic mass is 9.96. The van der Waals surface area contributed by atoms with Crippen LogP contribution in [0.3, 0.4) is 0 Å². The quantitative estimate of drug-likeness (QED) is 0.649. The minimum atomic E-state index is 0.140. The fraction of sp³-hybridized carbons (Fsp3) is 0.333. The Kier molecular flexibility index (Phi) is 4.43. The van der Waals surface area contributed by atoms with Gasteiger partial charge in [0.2, 0.25) is 0 Å². The Hall–Kier alpha value is -1.16. The summed E-state index contributed by atoms with van der Waals surface area (Å²) in [6.07, 6.45) is 4.67. The van der Waals surface area contributed by atoms with Gasteiger partial charge in [-0.05, 0) is 66.5 Å². The lowest BCUT2D eigenvalue weighted by Crippen LogP contribution is -2.29. The second kappa shape index (κ2) is 6.30. The van der Waals surface area contributed by atoms with Crippen LogP contribution in [0.5, 0.6) is 0 Å². The number of rotatable bonds is 4. The van der Waals surface area contributed by atoms with Gasteiger partial charge in [0.05, 0.1) is 6.04 Å². The van der Waals surface area contributed by atoms with E-state index in [0.717, 1.165) is 10.9 Å². The van der Waals surface area contributed by atoms with Gasteiger partial charge in [-0.15, -0.1) is 0 Å². The van der Waals surface area contributed by atoms with E-state index < -0.39 is 0 Å². The van der Waals surface area contributed by atoms with Crippen molar-refractivity contribution in [2.45, 2.75) is 38.6 Å². The number of hydrogen-bond donors (Lipinski definition) is 2. The van der Waals surface area contributed by atoms with Crippen molar-refractivity contribution in [3.8, 4) is 0 Å². The van der Waals surface area contributed by atoms with E-state index >= 15 is 0 Å². The Morgan fingerprint density at radius 2 is 1.95 bits per heavy atom. The van der Waals surface area contributed by atoms with Crippen molar-refractivity contribution >= 4 is 15.9 Å². The molecule has 0 aliphatic heterocycles. The third kappa shape index (κ3) is 3.20. The highest BCUT2D eigenvalue weighted by atomic mass is 79.9. The van der Waals surface area contributed by atoms with Crippen LogP contribution in [0, 0.1) is 6.92 Å². The monoisotopic (exact) mass is 344 g/mol. The van der Waals surface area contributed by atoms with E-state index in [2.05, 4.69) is 64.7 Å². The average Bonchev–Trinajstić information content (AvgIpc) is 2.95. The zero-order valence-corrected chi connectivity index (χ0v) is 13.9. The van der Waals surface area contributed by atoms with Gasteiger partial charge in [-0.25, -0.2) is 0 Å². The molecule has 0 aromatic heterocycles. The molecule has 3 N–H and O–H groups in total. The number of aryl methyl sites for hydroxylation is 3. The Balaban J connectivity index is 1.82. The van der Waals surface area contributed by atoms with E-state index in [4.69, 9.17) is 5.84 Å². The second-order valence-corrected chi connectivity index (χ2v) is 6.74. The first-order chi connectivity index (χ1) is 10.2. The van der Waals surface area contributed by atoms with Gasteiger partial charge in [0.15, 0.2) is 0 Å². The fourth-order valence-electron chi connectivity index (χ4n) is 3.09. The fourth-order valence-corrected chi connectivity index (χ4v) is 3.48. The third-order valence-electron chi connectivity index (χ3n) is 4.40. The number of hydrogen-bond acceptors (Lipinski definition) is 2. The van der Waals surface area contributed by atoms with E-state index in [0.29, 0.717) is 0 Å². The normalized spacial score (nSPS) is 15.0. The van der Waals surface area contributed by atoms with Crippen molar-refractivity contribution in [1.29, 1.82) is 0 Å². The molecule has 3 rings (SSSR count). The van der Waals surface area contributed by atoms with Crippen LogP contribution < -0.4 is 11.3 Å². The van der Waals surface area contributed by atoms with Crippen molar-refractivity contribution < 1.29 is 0 Å². The summed E-state index contributed by atoms with van der Waals surface area (Å²) in [4.78, 5) is 0. The van der Waals surface area contributed by atoms with Gasteiger partial charge >= 0.3 is 0 Å². The minimum Gasteiger partial charge on any atom is -0.271 e. The number of benzene rings is 2. The Labute approximate surface area is 134 Å². The highest BCUT2D eigenvalue weighted by molar-refractivity contribution is 9.10. The maximum atomic E-state index is 5.79. The molecule has 0 saturated carbocycles. The molecule has 0 amide bonds. The van der Waals surface area contributed by atoms with Crippen molar-refractivity contribution in [2.24, 2.45) is 5.84 Å². The Morgan fingerprint density at radius 3 is 2.71 bits per heavy atom. The lowest BCUT2D eigenvalue weighted by molar-refractivity contribution is 0.551. The number of hydrazine groups is 1. The molecule has 0 fully saturated rings. The van der Waals surface area contributed by atoms with Crippen molar-refractivity contribution in [3.63, 3.8) is 0 Å². The summed E-state index contributed by atoms with van der Waals surface area (Å²) in [6.45, 7) is 2.10. The zero-order chi connectivity index (χ0) is 14.8. The topological polar surface area (TPSA) is 38.0 Å². The molecule has 1 unspecified atom stereocenters. The van der Waals surface area contributed by atoms with Crippen LogP contribution >= 0.6 is 15.9 Å². The number of nitrogens with one attached hydrogen (secondary N) is 1. The Morgan fingerprint density at radius 1 is 1.14 bits per heavy atom. The van der Waals surface area contributed by atoms with Gasteiger partial charge in [-0.2, -0.15) is 0 Å². The Bertz CT molecular complexity index is 652. The zero-order valence-electron chi connectivity index (χ0n) is 12.3. The van der Waals surface area contributed by atoms with Crippen LogP contribution in [0.15, 0.2) is 40.9 Å². The van der Waals surface area contributed by atoms with E-state index in [1.54, 1.807) is 0 Å². The first kappa shape index (κ1) is 14.8. The molecule has 3 heteroatoms. The van der Waals surface area contributed by atoms with Crippen LogP contribution in [0.25, 0.3) is 0 Å². The van der Waals surface area contributed by atoms with Crippen LogP contribution in [0.1, 0.15) is 40.3 Å². The molecular weight excluding hydrogens is 324 g/mol. The maximum absolute atomic E-state index is 5.79. The first-order valence-corrected chi connectivity index (χ1v) is 8.29. The third-order valence-corrected chi connectivity index (χ3v) is 5.26. The molecule has 0 saturated heterocycles. The number of halogens is 1. The van der Waals surface area contributed by atoms with E-state index in [1.165, 1.54) is 47.1 Å². The highest BCUT2D eigenvalue weighted by Gasteiger charge is 2.15. The predicted octanol–water partition coefficient (Wildman–Crippen LogP) is 3.99. The predicted molar refractivity (Wildman–Crippen MR) is 91.1 cm³/mol. The van der Waals surface area contributed by atoms with E-state index in [-0.39, 0.29) is 6.04 Å². The van der Waals surface area contributed by atoms with Gasteiger partial charge in [0, 0.05) is 4.47 Å². The smallest absolute Gasteiger partial charge is 0.0500 e. The van der Waals surface area contributed by atoms with Crippen molar-refractivity contribution in [2.75, 3.05) is 0 Å². The van der Waals surface area contributed by atoms with Crippen LogP contribution in [0.2, 0.25) is 0 Å². The summed E-state index contributed by atoms with van der Waals surface area (Å²) in [7, 11) is 0. The van der Waals surface area contributed by atoms with Crippen molar-refractivity contribution in [3.05, 3.63) is 68.7 Å². The molecular formula is C18H21BrN2. The van der Waals surface area contributed by atoms with Crippen LogP contribution in [0.4, 0.5) is 0 Å². The summed E-state index contributed by atoms with van der Waals surface area (Å²) in [5, 5.41) is 0. The van der Waals surface area contributed by atoms with Gasteiger partial charge in [-0.3, -0.25) is 11.3 Å². The van der Waals surface area contributed by atoms with Gasteiger partial charge in [0.1, 0.15) is 0 Å². The SMILES string of the molecule is Cc1ccc(C(Cc2ccc3c(c2)CCC3)NN)cc1Br. The maximum Gasteiger partial charge on any atom is 0.0500 e.